The zero-order chi connectivity index (χ0) is 30.1. The molecule has 2 aromatic carbocycles. The van der Waals surface area contributed by atoms with E-state index < -0.39 is 18.0 Å². The Bertz CT molecular complexity index is 1910. The van der Waals surface area contributed by atoms with Crippen molar-refractivity contribution in [3.05, 3.63) is 108 Å². The number of aryl methyl sites for hydroxylation is 1. The summed E-state index contributed by atoms with van der Waals surface area (Å²) in [6.45, 7) is 9.32. The average Bonchev–Trinajstić information content (AvgIpc) is 3.52. The van der Waals surface area contributed by atoms with Gasteiger partial charge in [-0.1, -0.05) is 35.6 Å². The van der Waals surface area contributed by atoms with Gasteiger partial charge in [-0.3, -0.25) is 9.36 Å². The number of fused-ring (bicyclic) bond motifs is 1. The molecule has 1 N–H and O–H groups in total. The number of carboxylic acids is 1. The molecule has 0 spiro atoms. The number of carbonyl (C=O) groups is 2. The number of nitrogens with zero attached hydrogens (tertiary/aromatic N) is 2. The summed E-state index contributed by atoms with van der Waals surface area (Å²) in [6.07, 6.45) is 1.49. The summed E-state index contributed by atoms with van der Waals surface area (Å²) in [5.41, 5.74) is 2.67. The molecule has 0 bridgehead atoms. The molecule has 0 unspecified atom stereocenters. The lowest BCUT2D eigenvalue weighted by atomic mass is 9.95. The maximum absolute atomic E-state index is 14.0. The molecule has 42 heavy (non-hydrogen) atoms. The molecule has 0 saturated heterocycles. The molecular formula is C32H30N2O7S. The lowest BCUT2D eigenvalue weighted by Crippen LogP contribution is -2.40. The largest absolute Gasteiger partial charge is 0.491 e. The normalized spacial score (nSPS) is 15.0. The van der Waals surface area contributed by atoms with Gasteiger partial charge in [0.1, 0.15) is 23.3 Å². The van der Waals surface area contributed by atoms with E-state index in [1.54, 1.807) is 50.3 Å². The van der Waals surface area contributed by atoms with Crippen LogP contribution in [0.5, 0.6) is 5.75 Å². The van der Waals surface area contributed by atoms with E-state index in [0.29, 0.717) is 43.4 Å². The Balaban J connectivity index is 1.65. The van der Waals surface area contributed by atoms with Crippen LogP contribution < -0.4 is 19.6 Å². The van der Waals surface area contributed by atoms with Crippen LogP contribution in [0.1, 0.15) is 61.0 Å². The maximum atomic E-state index is 14.0. The smallest absolute Gasteiger partial charge is 0.338 e. The van der Waals surface area contributed by atoms with E-state index in [2.05, 4.69) is 4.99 Å². The third-order valence-electron chi connectivity index (χ3n) is 6.74. The van der Waals surface area contributed by atoms with Gasteiger partial charge in [0.25, 0.3) is 5.56 Å². The second-order valence-electron chi connectivity index (χ2n) is 10.0. The van der Waals surface area contributed by atoms with Crippen molar-refractivity contribution in [2.75, 3.05) is 6.61 Å². The van der Waals surface area contributed by atoms with Crippen LogP contribution in [-0.4, -0.2) is 34.3 Å². The molecule has 5 rings (SSSR count). The molecule has 9 nitrogen and oxygen atoms in total. The van der Waals surface area contributed by atoms with E-state index >= 15 is 0 Å². The van der Waals surface area contributed by atoms with Crippen LogP contribution >= 0.6 is 11.3 Å². The van der Waals surface area contributed by atoms with E-state index in [-0.39, 0.29) is 29.4 Å². The molecule has 0 fully saturated rings. The first-order valence-corrected chi connectivity index (χ1v) is 14.3. The first kappa shape index (κ1) is 28.8. The molecule has 0 radical (unpaired) electrons. The number of esters is 1. The Hall–Kier alpha value is -4.70. The van der Waals surface area contributed by atoms with E-state index in [4.69, 9.17) is 13.9 Å². The summed E-state index contributed by atoms with van der Waals surface area (Å²) in [5, 5.41) is 9.40. The van der Waals surface area contributed by atoms with Gasteiger partial charge in [0.2, 0.25) is 0 Å². The number of thiazole rings is 1. The Labute approximate surface area is 245 Å². The number of hydrogen-bond acceptors (Lipinski definition) is 8. The Morgan fingerprint density at radius 2 is 1.90 bits per heavy atom. The van der Waals surface area contributed by atoms with Crippen molar-refractivity contribution in [3.8, 4) is 17.1 Å². The Kier molecular flexibility index (Phi) is 8.00. The summed E-state index contributed by atoms with van der Waals surface area (Å²) >= 11 is 1.18. The molecule has 4 aromatic rings. The van der Waals surface area contributed by atoms with Crippen LogP contribution in [0, 0.1) is 6.92 Å². The van der Waals surface area contributed by atoms with Gasteiger partial charge in [-0.2, -0.15) is 0 Å². The van der Waals surface area contributed by atoms with Crippen LogP contribution in [0.15, 0.2) is 80.1 Å². The zero-order valence-corrected chi connectivity index (χ0v) is 24.7. The van der Waals surface area contributed by atoms with Crippen LogP contribution in [-0.2, 0) is 9.53 Å². The van der Waals surface area contributed by atoms with Crippen molar-refractivity contribution in [1.29, 1.82) is 0 Å². The number of carboxylic acid groups (broad SMARTS) is 1. The summed E-state index contributed by atoms with van der Waals surface area (Å²) in [7, 11) is 0. The van der Waals surface area contributed by atoms with E-state index in [0.717, 1.165) is 5.56 Å². The minimum atomic E-state index is -1.03. The van der Waals surface area contributed by atoms with Crippen molar-refractivity contribution in [3.63, 3.8) is 0 Å². The van der Waals surface area contributed by atoms with Crippen molar-refractivity contribution >= 4 is 29.4 Å². The number of carbonyl (C=O) groups excluding carboxylic acids is 1. The Morgan fingerprint density at radius 3 is 2.62 bits per heavy atom. The summed E-state index contributed by atoms with van der Waals surface area (Å²) < 4.78 is 19.4. The minimum Gasteiger partial charge on any atom is -0.491 e. The van der Waals surface area contributed by atoms with Crippen molar-refractivity contribution in [2.24, 2.45) is 4.99 Å². The summed E-state index contributed by atoms with van der Waals surface area (Å²) in [5.74, 6) is -0.133. The SMILES string of the molecule is CCOC(=O)C1=C(C)N=c2s/c(=C/c3ccc(-c4cc(C(=O)O)ccc4C)o3)c(=O)n2[C@H]1c1ccccc1OC(C)C. The van der Waals surface area contributed by atoms with Crippen molar-refractivity contribution in [1.82, 2.24) is 4.57 Å². The standard InChI is InChI=1S/C32H30N2O7S/c1-6-39-31(38)27-19(5)33-32-34(28(27)22-9-7-8-10-24(22)40-17(2)3)29(35)26(42-32)16-21-13-14-25(41-21)23-15-20(30(36)37)12-11-18(23)4/h7-17,28H,6H2,1-5H3,(H,36,37)/b26-16+/t28-/m0/s1. The predicted molar refractivity (Wildman–Crippen MR) is 158 cm³/mol. The molecule has 1 aliphatic rings. The molecule has 216 valence electrons. The van der Waals surface area contributed by atoms with Crippen LogP contribution in [0.25, 0.3) is 17.4 Å². The second kappa shape index (κ2) is 11.7. The lowest BCUT2D eigenvalue weighted by molar-refractivity contribution is -0.139. The zero-order valence-electron chi connectivity index (χ0n) is 23.8. The van der Waals surface area contributed by atoms with Gasteiger partial charge >= 0.3 is 11.9 Å². The topological polar surface area (TPSA) is 120 Å². The van der Waals surface area contributed by atoms with Gasteiger partial charge in [0.05, 0.1) is 34.1 Å². The first-order valence-electron chi connectivity index (χ1n) is 13.5. The van der Waals surface area contributed by atoms with E-state index in [1.165, 1.54) is 15.9 Å². The van der Waals surface area contributed by atoms with E-state index in [9.17, 15) is 19.5 Å². The van der Waals surface area contributed by atoms with Gasteiger partial charge in [0.15, 0.2) is 4.80 Å². The number of aromatic nitrogens is 1. The fourth-order valence-corrected chi connectivity index (χ4v) is 5.90. The number of benzene rings is 2. The van der Waals surface area contributed by atoms with Gasteiger partial charge in [-0.05, 0) is 70.5 Å². The van der Waals surface area contributed by atoms with Crippen LogP contribution in [0.2, 0.25) is 0 Å². The highest BCUT2D eigenvalue weighted by Gasteiger charge is 2.35. The Morgan fingerprint density at radius 1 is 1.14 bits per heavy atom. The first-order chi connectivity index (χ1) is 20.1. The molecule has 1 atom stereocenters. The third kappa shape index (κ3) is 5.45. The second-order valence-corrected chi connectivity index (χ2v) is 11.1. The van der Waals surface area contributed by atoms with Gasteiger partial charge in [-0.25, -0.2) is 14.6 Å². The van der Waals surface area contributed by atoms with Crippen LogP contribution in [0.4, 0.5) is 0 Å². The molecule has 0 amide bonds. The molecule has 10 heteroatoms. The summed E-state index contributed by atoms with van der Waals surface area (Å²) in [6, 6.07) is 14.8. The third-order valence-corrected chi connectivity index (χ3v) is 7.73. The molecule has 3 heterocycles. The molecule has 0 aliphatic carbocycles. The van der Waals surface area contributed by atoms with Crippen molar-refractivity contribution < 1.29 is 28.6 Å². The number of allylic oxidation sites excluding steroid dienone is 1. The highest BCUT2D eigenvalue weighted by Crippen LogP contribution is 2.36. The fraction of sp³-hybridized carbons (Fsp3) is 0.250. The lowest BCUT2D eigenvalue weighted by Gasteiger charge is -2.26. The number of ether oxygens (including phenoxy) is 2. The number of para-hydroxylation sites is 1. The van der Waals surface area contributed by atoms with Gasteiger partial charge in [-0.15, -0.1) is 0 Å². The number of aromatic carboxylic acids is 1. The predicted octanol–water partition coefficient (Wildman–Crippen LogP) is 4.85. The van der Waals surface area contributed by atoms with Crippen LogP contribution in [0.3, 0.4) is 0 Å². The number of rotatable bonds is 8. The summed E-state index contributed by atoms with van der Waals surface area (Å²) in [4.78, 5) is 43.7. The number of furan rings is 1. The minimum absolute atomic E-state index is 0.133. The van der Waals surface area contributed by atoms with Crippen molar-refractivity contribution in [2.45, 2.75) is 46.8 Å². The molecule has 0 saturated carbocycles. The molecular weight excluding hydrogens is 556 g/mol. The molecule has 1 aliphatic heterocycles. The fourth-order valence-electron chi connectivity index (χ4n) is 4.88. The number of hydrogen-bond donors (Lipinski definition) is 1. The van der Waals surface area contributed by atoms with Gasteiger partial charge < -0.3 is 19.0 Å². The van der Waals surface area contributed by atoms with Gasteiger partial charge in [0, 0.05) is 17.2 Å². The highest BCUT2D eigenvalue weighted by atomic mass is 32.1. The van der Waals surface area contributed by atoms with E-state index in [1.807, 2.05) is 45.0 Å². The highest BCUT2D eigenvalue weighted by molar-refractivity contribution is 7.07. The molecule has 2 aromatic heterocycles. The quantitative estimate of drug-likeness (QED) is 0.293. The monoisotopic (exact) mass is 586 g/mol. The average molecular weight is 587 g/mol. The maximum Gasteiger partial charge on any atom is 0.338 e.